The Balaban J connectivity index is 2.14. The van der Waals surface area contributed by atoms with Crippen LogP contribution < -0.4 is 5.73 Å². The lowest BCUT2D eigenvalue weighted by Gasteiger charge is -2.19. The molecule has 4 nitrogen and oxygen atoms in total. The molecule has 1 atom stereocenters. The summed E-state index contributed by atoms with van der Waals surface area (Å²) >= 11 is 0. The van der Waals surface area contributed by atoms with Crippen molar-refractivity contribution in [2.75, 3.05) is 19.7 Å². The van der Waals surface area contributed by atoms with Crippen LogP contribution in [0.3, 0.4) is 0 Å². The SMILES string of the molecule is NC(CN1CCOC1=O)c1c(F)cccc1F. The summed E-state index contributed by atoms with van der Waals surface area (Å²) in [5, 5.41) is 0. The molecule has 0 aliphatic carbocycles. The molecule has 92 valence electrons. The van der Waals surface area contributed by atoms with E-state index >= 15 is 0 Å². The fourth-order valence-electron chi connectivity index (χ4n) is 1.79. The van der Waals surface area contributed by atoms with Crippen LogP contribution in [0.15, 0.2) is 18.2 Å². The number of benzene rings is 1. The first-order valence-electron chi connectivity index (χ1n) is 5.21. The van der Waals surface area contributed by atoms with E-state index in [2.05, 4.69) is 0 Å². The highest BCUT2D eigenvalue weighted by atomic mass is 19.1. The Kier molecular flexibility index (Phi) is 3.23. The van der Waals surface area contributed by atoms with Gasteiger partial charge in [0.15, 0.2) is 0 Å². The van der Waals surface area contributed by atoms with Crippen molar-refractivity contribution in [2.24, 2.45) is 5.73 Å². The molecule has 1 saturated heterocycles. The third kappa shape index (κ3) is 2.36. The van der Waals surface area contributed by atoms with Gasteiger partial charge in [0, 0.05) is 12.1 Å². The lowest BCUT2D eigenvalue weighted by Crippen LogP contribution is -2.33. The molecule has 0 bridgehead atoms. The van der Waals surface area contributed by atoms with Crippen molar-refractivity contribution in [2.45, 2.75) is 6.04 Å². The highest BCUT2D eigenvalue weighted by Gasteiger charge is 2.26. The number of carbonyl (C=O) groups is 1. The van der Waals surface area contributed by atoms with Gasteiger partial charge in [-0.15, -0.1) is 0 Å². The summed E-state index contributed by atoms with van der Waals surface area (Å²) in [5.74, 6) is -1.41. The molecular formula is C11H12F2N2O2. The van der Waals surface area contributed by atoms with Crippen molar-refractivity contribution in [1.29, 1.82) is 0 Å². The third-order valence-corrected chi connectivity index (χ3v) is 2.63. The maximum atomic E-state index is 13.4. The number of hydrogen-bond donors (Lipinski definition) is 1. The van der Waals surface area contributed by atoms with Crippen molar-refractivity contribution >= 4 is 6.09 Å². The minimum absolute atomic E-state index is 0.0384. The van der Waals surface area contributed by atoms with Crippen molar-refractivity contribution < 1.29 is 18.3 Å². The molecule has 1 amide bonds. The Morgan fingerprint density at radius 2 is 2.06 bits per heavy atom. The molecule has 1 aliphatic rings. The van der Waals surface area contributed by atoms with E-state index in [4.69, 9.17) is 10.5 Å². The molecule has 1 aliphatic heterocycles. The number of halogens is 2. The van der Waals surface area contributed by atoms with Gasteiger partial charge in [0.25, 0.3) is 0 Å². The average molecular weight is 242 g/mol. The van der Waals surface area contributed by atoms with Crippen LogP contribution in [0.25, 0.3) is 0 Å². The second-order valence-corrected chi connectivity index (χ2v) is 3.80. The Morgan fingerprint density at radius 3 is 2.59 bits per heavy atom. The van der Waals surface area contributed by atoms with E-state index in [1.54, 1.807) is 0 Å². The lowest BCUT2D eigenvalue weighted by molar-refractivity contribution is 0.156. The van der Waals surface area contributed by atoms with Gasteiger partial charge in [0.05, 0.1) is 12.6 Å². The lowest BCUT2D eigenvalue weighted by atomic mass is 10.1. The first-order chi connectivity index (χ1) is 8.09. The van der Waals surface area contributed by atoms with Gasteiger partial charge < -0.3 is 15.4 Å². The normalized spacial score (nSPS) is 17.1. The van der Waals surface area contributed by atoms with Gasteiger partial charge in [0.1, 0.15) is 18.2 Å². The third-order valence-electron chi connectivity index (χ3n) is 2.63. The highest BCUT2D eigenvalue weighted by molar-refractivity contribution is 5.69. The summed E-state index contributed by atoms with van der Waals surface area (Å²) in [7, 11) is 0. The van der Waals surface area contributed by atoms with Crippen LogP contribution in [0.5, 0.6) is 0 Å². The van der Waals surface area contributed by atoms with E-state index in [1.165, 1.54) is 11.0 Å². The molecule has 1 aromatic rings. The van der Waals surface area contributed by atoms with Gasteiger partial charge in [-0.05, 0) is 12.1 Å². The molecule has 1 unspecified atom stereocenters. The summed E-state index contributed by atoms with van der Waals surface area (Å²) in [6.45, 7) is 0.713. The fourth-order valence-corrected chi connectivity index (χ4v) is 1.79. The molecule has 1 aromatic carbocycles. The van der Waals surface area contributed by atoms with Crippen LogP contribution in [0.1, 0.15) is 11.6 Å². The van der Waals surface area contributed by atoms with Crippen LogP contribution >= 0.6 is 0 Å². The number of cyclic esters (lactones) is 1. The molecule has 1 heterocycles. The molecular weight excluding hydrogens is 230 g/mol. The van der Waals surface area contributed by atoms with Crippen molar-refractivity contribution in [3.05, 3.63) is 35.4 Å². The predicted molar refractivity (Wildman–Crippen MR) is 56.2 cm³/mol. The van der Waals surface area contributed by atoms with Gasteiger partial charge in [0.2, 0.25) is 0 Å². The predicted octanol–water partition coefficient (Wildman–Crippen LogP) is 1.42. The summed E-state index contributed by atoms with van der Waals surface area (Å²) in [6.07, 6.45) is -0.503. The molecule has 1 fully saturated rings. The number of nitrogens with two attached hydrogens (primary N) is 1. The van der Waals surface area contributed by atoms with E-state index in [0.717, 1.165) is 12.1 Å². The van der Waals surface area contributed by atoms with E-state index in [9.17, 15) is 13.6 Å². The van der Waals surface area contributed by atoms with E-state index in [0.29, 0.717) is 6.54 Å². The molecule has 0 aromatic heterocycles. The zero-order valence-corrected chi connectivity index (χ0v) is 9.03. The molecule has 6 heteroatoms. The minimum atomic E-state index is -0.901. The number of nitrogens with zero attached hydrogens (tertiary/aromatic N) is 1. The van der Waals surface area contributed by atoms with Crippen LogP contribution in [0.4, 0.5) is 13.6 Å². The Hall–Kier alpha value is -1.69. The van der Waals surface area contributed by atoms with Gasteiger partial charge in [-0.1, -0.05) is 6.07 Å². The van der Waals surface area contributed by atoms with E-state index in [-0.39, 0.29) is 18.7 Å². The summed E-state index contributed by atoms with van der Waals surface area (Å²) in [4.78, 5) is 12.5. The summed E-state index contributed by atoms with van der Waals surface area (Å²) in [6, 6.07) is 2.65. The zero-order chi connectivity index (χ0) is 12.4. The average Bonchev–Trinajstić information content (AvgIpc) is 2.64. The smallest absolute Gasteiger partial charge is 0.410 e. The maximum Gasteiger partial charge on any atom is 0.410 e. The fraction of sp³-hybridized carbons (Fsp3) is 0.364. The standard InChI is InChI=1S/C11H12F2N2O2/c12-7-2-1-3-8(13)10(7)9(14)6-15-4-5-17-11(15)16/h1-3,9H,4-6,14H2. The Morgan fingerprint density at radius 1 is 1.41 bits per heavy atom. The summed E-state index contributed by atoms with van der Waals surface area (Å²) < 4.78 is 31.5. The zero-order valence-electron chi connectivity index (χ0n) is 9.03. The van der Waals surface area contributed by atoms with Crippen LogP contribution in [0.2, 0.25) is 0 Å². The Labute approximate surface area is 97.0 Å². The van der Waals surface area contributed by atoms with Gasteiger partial charge >= 0.3 is 6.09 Å². The van der Waals surface area contributed by atoms with Crippen molar-refractivity contribution in [1.82, 2.24) is 4.90 Å². The first kappa shape index (κ1) is 11.8. The molecule has 0 spiro atoms. The number of amides is 1. The molecule has 0 radical (unpaired) electrons. The second kappa shape index (κ2) is 4.67. The van der Waals surface area contributed by atoms with Crippen molar-refractivity contribution in [3.8, 4) is 0 Å². The molecule has 2 rings (SSSR count). The Bertz CT molecular complexity index is 419. The van der Waals surface area contributed by atoms with Crippen LogP contribution in [-0.2, 0) is 4.74 Å². The molecule has 2 N–H and O–H groups in total. The van der Waals surface area contributed by atoms with Crippen molar-refractivity contribution in [3.63, 3.8) is 0 Å². The quantitative estimate of drug-likeness (QED) is 0.872. The topological polar surface area (TPSA) is 55.6 Å². The molecule has 0 saturated carbocycles. The number of rotatable bonds is 3. The van der Waals surface area contributed by atoms with Gasteiger partial charge in [-0.3, -0.25) is 0 Å². The molecule has 17 heavy (non-hydrogen) atoms. The van der Waals surface area contributed by atoms with E-state index in [1.807, 2.05) is 0 Å². The van der Waals surface area contributed by atoms with Gasteiger partial charge in [-0.25, -0.2) is 13.6 Å². The second-order valence-electron chi connectivity index (χ2n) is 3.80. The first-order valence-corrected chi connectivity index (χ1v) is 5.21. The number of carbonyl (C=O) groups excluding carboxylic acids is 1. The minimum Gasteiger partial charge on any atom is -0.448 e. The monoisotopic (exact) mass is 242 g/mol. The number of hydrogen-bond acceptors (Lipinski definition) is 3. The maximum absolute atomic E-state index is 13.4. The van der Waals surface area contributed by atoms with Crippen LogP contribution in [0, 0.1) is 11.6 Å². The highest BCUT2D eigenvalue weighted by Crippen LogP contribution is 2.20. The van der Waals surface area contributed by atoms with Gasteiger partial charge in [-0.2, -0.15) is 0 Å². The van der Waals surface area contributed by atoms with E-state index < -0.39 is 23.8 Å². The largest absolute Gasteiger partial charge is 0.448 e. The van der Waals surface area contributed by atoms with Crippen LogP contribution in [-0.4, -0.2) is 30.7 Å². The summed E-state index contributed by atoms with van der Waals surface area (Å²) in [5.41, 5.74) is 5.51. The number of ether oxygens (including phenoxy) is 1.